The number of benzene rings is 9. The first-order valence-corrected chi connectivity index (χ1v) is 20.4. The first kappa shape index (κ1) is 30.9. The Bertz CT molecular complexity index is 3480. The molecular weight excluding hydrogens is 703 g/mol. The Morgan fingerprint density at radius 1 is 0.345 bits per heavy atom. The number of hydrogen-bond donors (Lipinski definition) is 0. The topological polar surface area (TPSA) is 4.93 Å². The zero-order valence-electron chi connectivity index (χ0n) is 29.7. The smallest absolute Gasteiger partial charge is 0.0726 e. The van der Waals surface area contributed by atoms with Crippen LogP contribution >= 0.6 is 22.7 Å². The Morgan fingerprint density at radius 3 is 1.85 bits per heavy atom. The van der Waals surface area contributed by atoms with Gasteiger partial charge in [0.2, 0.25) is 0 Å². The maximum absolute atomic E-state index is 2.56. The van der Waals surface area contributed by atoms with E-state index < -0.39 is 0 Å². The van der Waals surface area contributed by atoms with Gasteiger partial charge in [0.15, 0.2) is 0 Å². The molecule has 1 nitrogen and oxygen atoms in total. The summed E-state index contributed by atoms with van der Waals surface area (Å²) in [4.78, 5) is 0. The second-order valence-corrected chi connectivity index (χ2v) is 16.6. The monoisotopic (exact) mass is 733 g/mol. The summed E-state index contributed by atoms with van der Waals surface area (Å²) >= 11 is 3.79. The molecule has 3 heterocycles. The normalized spacial score (nSPS) is 12.0. The van der Waals surface area contributed by atoms with Gasteiger partial charge in [-0.15, -0.1) is 22.7 Å². The highest BCUT2D eigenvalue weighted by Gasteiger charge is 2.23. The van der Waals surface area contributed by atoms with Crippen molar-refractivity contribution in [2.24, 2.45) is 0 Å². The number of thiophene rings is 2. The lowest BCUT2D eigenvalue weighted by Gasteiger charge is -2.16. The molecule has 0 aliphatic heterocycles. The molecule has 0 saturated heterocycles. The molecule has 3 aromatic heterocycles. The molecule has 0 N–H and O–H groups in total. The van der Waals surface area contributed by atoms with E-state index in [9.17, 15) is 0 Å². The summed E-state index contributed by atoms with van der Waals surface area (Å²) in [6.45, 7) is 0. The first-order chi connectivity index (χ1) is 27.3. The summed E-state index contributed by atoms with van der Waals surface area (Å²) in [5.41, 5.74) is 11.0. The molecule has 256 valence electrons. The molecule has 0 saturated carbocycles. The third-order valence-electron chi connectivity index (χ3n) is 11.4. The standard InChI is InChI=1S/C52H31NS2/c1-2-13-32(14-3-1)35-27-36(39-21-12-16-33-15-4-5-17-38(33)39)29-37(28-35)53-46-22-9-6-20-43(46)50-44(31-45-41-19-8-11-24-48(41)55-52(45)51(50)53)34-25-26-42-40-18-7-10-23-47(40)54-49(42)30-34/h1-31H. The van der Waals surface area contributed by atoms with E-state index in [0.29, 0.717) is 0 Å². The van der Waals surface area contributed by atoms with Gasteiger partial charge < -0.3 is 4.57 Å². The van der Waals surface area contributed by atoms with Crippen LogP contribution < -0.4 is 0 Å². The number of hydrogen-bond acceptors (Lipinski definition) is 2. The number of para-hydroxylation sites is 1. The van der Waals surface area contributed by atoms with Crippen molar-refractivity contribution in [3.63, 3.8) is 0 Å². The second kappa shape index (κ2) is 12.0. The van der Waals surface area contributed by atoms with Crippen molar-refractivity contribution < 1.29 is 0 Å². The number of fused-ring (bicyclic) bond motifs is 11. The van der Waals surface area contributed by atoms with Crippen LogP contribution in [0.25, 0.3) is 112 Å². The van der Waals surface area contributed by atoms with Crippen LogP contribution in [-0.2, 0) is 0 Å². The largest absolute Gasteiger partial charge is 0.308 e. The van der Waals surface area contributed by atoms with Gasteiger partial charge >= 0.3 is 0 Å². The highest BCUT2D eigenvalue weighted by molar-refractivity contribution is 7.27. The summed E-state index contributed by atoms with van der Waals surface area (Å²) in [5.74, 6) is 0. The van der Waals surface area contributed by atoms with Gasteiger partial charge in [-0.1, -0.05) is 140 Å². The molecule has 0 fully saturated rings. The number of aromatic nitrogens is 1. The van der Waals surface area contributed by atoms with Crippen molar-refractivity contribution >= 4 is 95.6 Å². The predicted molar refractivity (Wildman–Crippen MR) is 240 cm³/mol. The lowest BCUT2D eigenvalue weighted by atomic mass is 9.94. The summed E-state index contributed by atoms with van der Waals surface area (Å²) in [6, 6.07) is 69.7. The van der Waals surface area contributed by atoms with Gasteiger partial charge in [0.25, 0.3) is 0 Å². The van der Waals surface area contributed by atoms with Crippen LogP contribution in [0.2, 0.25) is 0 Å². The van der Waals surface area contributed by atoms with Crippen LogP contribution in [0.5, 0.6) is 0 Å². The van der Waals surface area contributed by atoms with E-state index in [-0.39, 0.29) is 0 Å². The van der Waals surface area contributed by atoms with E-state index in [1.165, 1.54) is 106 Å². The predicted octanol–water partition coefficient (Wildman–Crippen LogP) is 15.7. The summed E-state index contributed by atoms with van der Waals surface area (Å²) in [5, 5.41) is 10.3. The minimum atomic E-state index is 1.16. The maximum Gasteiger partial charge on any atom is 0.0726 e. The third kappa shape index (κ3) is 4.70. The van der Waals surface area contributed by atoms with E-state index in [2.05, 4.69) is 193 Å². The lowest BCUT2D eigenvalue weighted by Crippen LogP contribution is -1.96. The molecule has 55 heavy (non-hydrogen) atoms. The number of nitrogens with zero attached hydrogens (tertiary/aromatic N) is 1. The van der Waals surface area contributed by atoms with Crippen molar-refractivity contribution in [3.8, 4) is 39.1 Å². The Morgan fingerprint density at radius 2 is 1.00 bits per heavy atom. The molecule has 0 radical (unpaired) electrons. The zero-order valence-corrected chi connectivity index (χ0v) is 31.3. The van der Waals surface area contributed by atoms with Crippen LogP contribution in [0.4, 0.5) is 0 Å². The third-order valence-corrected chi connectivity index (χ3v) is 13.7. The average molecular weight is 734 g/mol. The van der Waals surface area contributed by atoms with Gasteiger partial charge in [-0.25, -0.2) is 0 Å². The fourth-order valence-corrected chi connectivity index (χ4v) is 11.3. The minimum Gasteiger partial charge on any atom is -0.308 e. The quantitative estimate of drug-likeness (QED) is 0.170. The zero-order chi connectivity index (χ0) is 36.0. The lowest BCUT2D eigenvalue weighted by molar-refractivity contribution is 1.19. The van der Waals surface area contributed by atoms with Crippen LogP contribution in [0, 0.1) is 0 Å². The van der Waals surface area contributed by atoms with Gasteiger partial charge in [0, 0.05) is 52.1 Å². The molecule has 0 aliphatic rings. The average Bonchev–Trinajstić information content (AvgIpc) is 3.93. The second-order valence-electron chi connectivity index (χ2n) is 14.4. The fourth-order valence-electron chi connectivity index (χ4n) is 8.89. The Hall–Kier alpha value is -6.52. The Balaban J connectivity index is 1.23. The maximum atomic E-state index is 2.56. The van der Waals surface area contributed by atoms with E-state index >= 15 is 0 Å². The SMILES string of the molecule is c1ccc(-c2cc(-c3cccc4ccccc34)cc(-n3c4ccccc4c4c(-c5ccc6c(c5)sc5ccccc56)cc5c6ccccc6sc5c43)c2)cc1. The Kier molecular flexibility index (Phi) is 6.74. The van der Waals surface area contributed by atoms with Crippen LogP contribution in [0.3, 0.4) is 0 Å². The van der Waals surface area contributed by atoms with Crippen molar-refractivity contribution in [2.75, 3.05) is 0 Å². The van der Waals surface area contributed by atoms with Crippen LogP contribution in [-0.4, -0.2) is 4.57 Å². The van der Waals surface area contributed by atoms with Crippen LogP contribution in [0.1, 0.15) is 0 Å². The molecule has 0 amide bonds. The molecule has 12 aromatic rings. The van der Waals surface area contributed by atoms with Gasteiger partial charge in [0.1, 0.15) is 0 Å². The molecule has 3 heteroatoms. The molecule has 0 bridgehead atoms. The molecule has 0 aliphatic carbocycles. The van der Waals surface area contributed by atoms with Crippen molar-refractivity contribution in [3.05, 3.63) is 188 Å². The Labute approximate surface area is 325 Å². The highest BCUT2D eigenvalue weighted by atomic mass is 32.1. The van der Waals surface area contributed by atoms with E-state index in [1.54, 1.807) is 0 Å². The van der Waals surface area contributed by atoms with Crippen molar-refractivity contribution in [2.45, 2.75) is 0 Å². The van der Waals surface area contributed by atoms with E-state index in [1.807, 2.05) is 22.7 Å². The molecular formula is C52H31NS2. The van der Waals surface area contributed by atoms with Crippen LogP contribution in [0.15, 0.2) is 188 Å². The van der Waals surface area contributed by atoms with Gasteiger partial charge in [0.05, 0.1) is 15.7 Å². The first-order valence-electron chi connectivity index (χ1n) is 18.7. The number of rotatable bonds is 4. The molecule has 0 atom stereocenters. The minimum absolute atomic E-state index is 1.16. The summed E-state index contributed by atoms with van der Waals surface area (Å²) in [6.07, 6.45) is 0. The molecule has 0 unspecified atom stereocenters. The fraction of sp³-hybridized carbons (Fsp3) is 0. The molecule has 0 spiro atoms. The molecule has 12 rings (SSSR count). The highest BCUT2D eigenvalue weighted by Crippen LogP contribution is 2.49. The van der Waals surface area contributed by atoms with Crippen molar-refractivity contribution in [1.29, 1.82) is 0 Å². The molecule has 9 aromatic carbocycles. The van der Waals surface area contributed by atoms with E-state index in [0.717, 1.165) is 5.69 Å². The van der Waals surface area contributed by atoms with Crippen molar-refractivity contribution in [1.82, 2.24) is 4.57 Å². The van der Waals surface area contributed by atoms with Gasteiger partial charge in [-0.3, -0.25) is 0 Å². The van der Waals surface area contributed by atoms with Gasteiger partial charge in [-0.05, 0) is 92.7 Å². The summed E-state index contributed by atoms with van der Waals surface area (Å²) < 4.78 is 7.83. The summed E-state index contributed by atoms with van der Waals surface area (Å²) in [7, 11) is 0. The van der Waals surface area contributed by atoms with E-state index in [4.69, 9.17) is 0 Å². The van der Waals surface area contributed by atoms with Gasteiger partial charge in [-0.2, -0.15) is 0 Å².